The lowest BCUT2D eigenvalue weighted by molar-refractivity contribution is -0.384. The number of nitro benzene ring substituents is 1. The number of nitro groups is 1. The highest BCUT2D eigenvalue weighted by Crippen LogP contribution is 2.43. The summed E-state index contributed by atoms with van der Waals surface area (Å²) < 4.78 is 13.6. The van der Waals surface area contributed by atoms with E-state index in [2.05, 4.69) is 15.3 Å². The van der Waals surface area contributed by atoms with Crippen LogP contribution in [0.4, 0.5) is 15.9 Å². The predicted octanol–water partition coefficient (Wildman–Crippen LogP) is 4.67. The van der Waals surface area contributed by atoms with Crippen LogP contribution in [-0.4, -0.2) is 20.7 Å². The molecule has 1 aliphatic carbocycles. The third-order valence-electron chi connectivity index (χ3n) is 5.96. The van der Waals surface area contributed by atoms with Crippen LogP contribution in [0.15, 0.2) is 69.8 Å². The van der Waals surface area contributed by atoms with Gasteiger partial charge in [-0.25, -0.2) is 9.37 Å². The normalized spacial score (nSPS) is 17.1. The van der Waals surface area contributed by atoms with Crippen LogP contribution in [0.25, 0.3) is 0 Å². The Morgan fingerprint density at radius 1 is 1.09 bits per heavy atom. The average molecular weight is 479 g/mol. The number of carbonyl (C=O) groups excluding carboxylic acids is 1. The van der Waals surface area contributed by atoms with Gasteiger partial charge in [-0.05, 0) is 36.1 Å². The molecule has 0 radical (unpaired) electrons. The highest BCUT2D eigenvalue weighted by Gasteiger charge is 2.37. The molecule has 0 unspecified atom stereocenters. The molecule has 34 heavy (non-hydrogen) atoms. The van der Waals surface area contributed by atoms with Gasteiger partial charge in [0.1, 0.15) is 11.6 Å². The molecule has 3 aromatic rings. The number of thioether (sulfide) groups is 1. The topological polar surface area (TPSA) is 118 Å². The van der Waals surface area contributed by atoms with Crippen molar-refractivity contribution in [3.8, 4) is 0 Å². The Bertz CT molecular complexity index is 1380. The fourth-order valence-corrected chi connectivity index (χ4v) is 5.18. The molecule has 0 fully saturated rings. The monoisotopic (exact) mass is 478 g/mol. The van der Waals surface area contributed by atoms with Gasteiger partial charge in [0.2, 0.25) is 0 Å². The quantitative estimate of drug-likeness (QED) is 0.237. The minimum Gasteiger partial charge on any atom is -0.343 e. The van der Waals surface area contributed by atoms with Crippen LogP contribution in [-0.2, 0) is 10.5 Å². The van der Waals surface area contributed by atoms with Crippen molar-refractivity contribution in [3.63, 3.8) is 0 Å². The van der Waals surface area contributed by atoms with Crippen molar-refractivity contribution < 1.29 is 14.1 Å². The Morgan fingerprint density at radius 2 is 1.82 bits per heavy atom. The Labute approximate surface area is 197 Å². The summed E-state index contributed by atoms with van der Waals surface area (Å²) in [6.45, 7) is 0. The number of aromatic nitrogens is 2. The molecule has 0 saturated carbocycles. The molecule has 1 aliphatic heterocycles. The number of halogens is 1. The van der Waals surface area contributed by atoms with Gasteiger partial charge in [-0.15, -0.1) is 0 Å². The molecular weight excluding hydrogens is 459 g/mol. The number of anilines is 1. The van der Waals surface area contributed by atoms with Crippen LogP contribution >= 0.6 is 11.8 Å². The number of aromatic amines is 1. The maximum Gasteiger partial charge on any atom is 0.269 e. The van der Waals surface area contributed by atoms with E-state index in [0.29, 0.717) is 52.7 Å². The number of Topliss-reactive ketones (excluding diaryl/α,β-unsaturated/α-hetero) is 1. The molecule has 0 bridgehead atoms. The van der Waals surface area contributed by atoms with Gasteiger partial charge in [-0.3, -0.25) is 19.7 Å². The molecule has 0 spiro atoms. The van der Waals surface area contributed by atoms with Crippen molar-refractivity contribution in [1.29, 1.82) is 0 Å². The first-order chi connectivity index (χ1) is 16.4. The van der Waals surface area contributed by atoms with Gasteiger partial charge < -0.3 is 10.3 Å². The second kappa shape index (κ2) is 8.86. The number of nitrogens with one attached hydrogen (secondary N) is 2. The largest absolute Gasteiger partial charge is 0.343 e. The molecule has 1 aromatic heterocycles. The van der Waals surface area contributed by atoms with Crippen LogP contribution in [0.5, 0.6) is 0 Å². The van der Waals surface area contributed by atoms with Crippen LogP contribution in [0, 0.1) is 15.9 Å². The van der Waals surface area contributed by atoms with Gasteiger partial charge in [0, 0.05) is 41.5 Å². The number of allylic oxidation sites excluding steroid dienone is 2. The zero-order valence-corrected chi connectivity index (χ0v) is 18.7. The van der Waals surface area contributed by atoms with E-state index in [0.717, 1.165) is 11.3 Å². The fourth-order valence-electron chi connectivity index (χ4n) is 4.36. The summed E-state index contributed by atoms with van der Waals surface area (Å²) >= 11 is 1.29. The number of H-pyrrole nitrogens is 1. The first-order valence-corrected chi connectivity index (χ1v) is 11.7. The van der Waals surface area contributed by atoms with Gasteiger partial charge >= 0.3 is 0 Å². The Hall–Kier alpha value is -3.79. The summed E-state index contributed by atoms with van der Waals surface area (Å²) in [6.07, 6.45) is 1.78. The average Bonchev–Trinajstić information content (AvgIpc) is 2.82. The standard InChI is InChI=1S/C24H19FN4O4S/c25-15-8-6-14(7-9-15)19-20-17(2-1-3-18(20)30)26-22-21(19)23(31)28-24(27-22)34-12-13-4-10-16(11-5-13)29(32)33/h4-11,19H,1-3,12H2,(H2,26,27,28,31)/t19-/m0/s1. The number of non-ortho nitro benzene ring substituents is 1. The van der Waals surface area contributed by atoms with E-state index in [9.17, 15) is 24.1 Å². The van der Waals surface area contributed by atoms with Crippen molar-refractivity contribution in [2.24, 2.45) is 0 Å². The highest BCUT2D eigenvalue weighted by atomic mass is 32.2. The zero-order valence-electron chi connectivity index (χ0n) is 17.8. The van der Waals surface area contributed by atoms with Crippen LogP contribution in [0.1, 0.15) is 41.9 Å². The predicted molar refractivity (Wildman–Crippen MR) is 125 cm³/mol. The molecule has 1 atom stereocenters. The Morgan fingerprint density at radius 3 is 2.53 bits per heavy atom. The summed E-state index contributed by atoms with van der Waals surface area (Å²) in [5.74, 6) is -0.202. The van der Waals surface area contributed by atoms with Gasteiger partial charge in [-0.2, -0.15) is 0 Å². The molecule has 10 heteroatoms. The number of hydrogen-bond acceptors (Lipinski definition) is 7. The van der Waals surface area contributed by atoms with Crippen molar-refractivity contribution in [2.75, 3.05) is 5.32 Å². The van der Waals surface area contributed by atoms with Crippen molar-refractivity contribution in [1.82, 2.24) is 9.97 Å². The second-order valence-electron chi connectivity index (χ2n) is 8.12. The number of rotatable bonds is 5. The molecular formula is C24H19FN4O4S. The smallest absolute Gasteiger partial charge is 0.269 e. The van der Waals surface area contributed by atoms with Gasteiger partial charge in [0.15, 0.2) is 10.9 Å². The third kappa shape index (κ3) is 4.12. The summed E-state index contributed by atoms with van der Waals surface area (Å²) in [5, 5.41) is 14.4. The Balaban J connectivity index is 1.50. The van der Waals surface area contributed by atoms with Gasteiger partial charge in [0.05, 0.1) is 10.5 Å². The summed E-state index contributed by atoms with van der Waals surface area (Å²) in [4.78, 5) is 43.8. The molecule has 2 aliphatic rings. The molecule has 2 heterocycles. The van der Waals surface area contributed by atoms with Crippen molar-refractivity contribution in [3.05, 3.63) is 103 Å². The van der Waals surface area contributed by atoms with E-state index in [1.807, 2.05) is 0 Å². The lowest BCUT2D eigenvalue weighted by Crippen LogP contribution is -2.32. The molecule has 2 aromatic carbocycles. The van der Waals surface area contributed by atoms with Gasteiger partial charge in [-0.1, -0.05) is 36.0 Å². The maximum atomic E-state index is 13.6. The lowest BCUT2D eigenvalue weighted by Gasteiger charge is -2.32. The van der Waals surface area contributed by atoms with Gasteiger partial charge in [0.25, 0.3) is 11.2 Å². The maximum absolute atomic E-state index is 13.6. The molecule has 0 saturated heterocycles. The number of fused-ring (bicyclic) bond motifs is 1. The molecule has 0 amide bonds. The van der Waals surface area contributed by atoms with E-state index in [4.69, 9.17) is 0 Å². The summed E-state index contributed by atoms with van der Waals surface area (Å²) in [5.41, 5.74) is 2.77. The summed E-state index contributed by atoms with van der Waals surface area (Å²) in [7, 11) is 0. The van der Waals surface area contributed by atoms with Crippen LogP contribution < -0.4 is 10.9 Å². The van der Waals surface area contributed by atoms with Crippen LogP contribution in [0.3, 0.4) is 0 Å². The third-order valence-corrected chi connectivity index (χ3v) is 6.91. The van der Waals surface area contributed by atoms with E-state index < -0.39 is 16.7 Å². The first kappa shape index (κ1) is 22.0. The summed E-state index contributed by atoms with van der Waals surface area (Å²) in [6, 6.07) is 12.0. The molecule has 8 nitrogen and oxygen atoms in total. The number of hydrogen-bond donors (Lipinski definition) is 2. The SMILES string of the molecule is O=C1CCCC2=C1[C@H](c1ccc(F)cc1)c1c(nc(SCc3ccc([N+](=O)[O-])cc3)[nH]c1=O)N2. The molecule has 2 N–H and O–H groups in total. The van der Waals surface area contributed by atoms with Crippen molar-refractivity contribution in [2.45, 2.75) is 36.1 Å². The van der Waals surface area contributed by atoms with Crippen LogP contribution in [0.2, 0.25) is 0 Å². The highest BCUT2D eigenvalue weighted by molar-refractivity contribution is 7.98. The van der Waals surface area contributed by atoms with E-state index >= 15 is 0 Å². The minimum absolute atomic E-state index is 0.0104. The number of ketones is 1. The van der Waals surface area contributed by atoms with Crippen molar-refractivity contribution >= 4 is 29.1 Å². The van der Waals surface area contributed by atoms with E-state index in [1.54, 1.807) is 24.3 Å². The second-order valence-corrected chi connectivity index (χ2v) is 9.09. The number of nitrogens with zero attached hydrogens (tertiary/aromatic N) is 2. The minimum atomic E-state index is -0.621. The number of carbonyl (C=O) groups is 1. The zero-order chi connectivity index (χ0) is 23.8. The number of benzene rings is 2. The first-order valence-electron chi connectivity index (χ1n) is 10.7. The van der Waals surface area contributed by atoms with E-state index in [-0.39, 0.29) is 17.0 Å². The van der Waals surface area contributed by atoms with E-state index in [1.165, 1.54) is 36.0 Å². The lowest BCUT2D eigenvalue weighted by atomic mass is 9.76. The Kier molecular flexibility index (Phi) is 5.74. The molecule has 172 valence electrons. The fraction of sp³-hybridized carbons (Fsp3) is 0.208. The molecule has 5 rings (SSSR count).